The van der Waals surface area contributed by atoms with Gasteiger partial charge in [-0.2, -0.15) is 4.98 Å². The summed E-state index contributed by atoms with van der Waals surface area (Å²) in [5, 5.41) is 14.7. The minimum absolute atomic E-state index is 0.154. The van der Waals surface area contributed by atoms with E-state index in [0.29, 0.717) is 27.7 Å². The van der Waals surface area contributed by atoms with Crippen molar-refractivity contribution < 1.29 is 5.11 Å². The lowest BCUT2D eigenvalue weighted by Crippen LogP contribution is -2.36. The molecule has 0 spiro atoms. The Morgan fingerprint density at radius 3 is 2.68 bits per heavy atom. The van der Waals surface area contributed by atoms with Gasteiger partial charge in [-0.25, -0.2) is 4.98 Å². The molecule has 0 bridgehead atoms. The molecular formula is C21H23ClN4O2. The van der Waals surface area contributed by atoms with E-state index in [2.05, 4.69) is 15.3 Å². The molecule has 1 aromatic carbocycles. The van der Waals surface area contributed by atoms with Crippen LogP contribution in [-0.2, 0) is 7.05 Å². The van der Waals surface area contributed by atoms with Crippen LogP contribution in [-0.4, -0.2) is 31.3 Å². The number of nitrogens with one attached hydrogen (secondary N) is 1. The SMILES string of the molecule is Cn1c(=O)c(-c2ccccc2Cl)cc2cnc(NC3CCC(C)(O)CC3)nc21. The van der Waals surface area contributed by atoms with Crippen molar-refractivity contribution in [3.8, 4) is 11.1 Å². The molecule has 0 atom stereocenters. The van der Waals surface area contributed by atoms with Crippen molar-refractivity contribution >= 4 is 28.6 Å². The second-order valence-electron chi connectivity index (χ2n) is 7.79. The van der Waals surface area contributed by atoms with E-state index < -0.39 is 5.60 Å². The number of nitrogens with zero attached hydrogens (tertiary/aromatic N) is 3. The van der Waals surface area contributed by atoms with Crippen LogP contribution in [0.4, 0.5) is 5.95 Å². The van der Waals surface area contributed by atoms with E-state index in [1.165, 1.54) is 4.57 Å². The Morgan fingerprint density at radius 1 is 1.25 bits per heavy atom. The van der Waals surface area contributed by atoms with E-state index in [1.807, 2.05) is 25.1 Å². The Kier molecular flexibility index (Phi) is 4.85. The molecule has 4 rings (SSSR count). The first-order valence-corrected chi connectivity index (χ1v) is 9.82. The van der Waals surface area contributed by atoms with Crippen LogP contribution < -0.4 is 10.9 Å². The first-order valence-electron chi connectivity index (χ1n) is 9.45. The van der Waals surface area contributed by atoms with Gasteiger partial charge in [0.1, 0.15) is 5.65 Å². The predicted octanol–water partition coefficient (Wildman–Crippen LogP) is 3.75. The van der Waals surface area contributed by atoms with Crippen LogP contribution in [0.1, 0.15) is 32.6 Å². The number of anilines is 1. The number of aryl methyl sites for hydroxylation is 1. The summed E-state index contributed by atoms with van der Waals surface area (Å²) in [5.41, 5.74) is 1.06. The number of halogens is 1. The zero-order valence-corrected chi connectivity index (χ0v) is 16.7. The van der Waals surface area contributed by atoms with Gasteiger partial charge in [0.05, 0.1) is 5.60 Å². The molecule has 1 fully saturated rings. The molecule has 2 N–H and O–H groups in total. The van der Waals surface area contributed by atoms with E-state index in [-0.39, 0.29) is 11.6 Å². The van der Waals surface area contributed by atoms with Gasteiger partial charge in [-0.15, -0.1) is 0 Å². The van der Waals surface area contributed by atoms with Gasteiger partial charge in [0.2, 0.25) is 5.95 Å². The zero-order valence-electron chi connectivity index (χ0n) is 15.9. The summed E-state index contributed by atoms with van der Waals surface area (Å²) < 4.78 is 1.53. The fourth-order valence-corrected chi connectivity index (χ4v) is 3.99. The van der Waals surface area contributed by atoms with Gasteiger partial charge in [0.25, 0.3) is 5.56 Å². The lowest BCUT2D eigenvalue weighted by molar-refractivity contribution is 0.0196. The Morgan fingerprint density at radius 2 is 1.96 bits per heavy atom. The van der Waals surface area contributed by atoms with E-state index in [0.717, 1.165) is 31.1 Å². The molecule has 7 heteroatoms. The quantitative estimate of drug-likeness (QED) is 0.702. The monoisotopic (exact) mass is 398 g/mol. The third kappa shape index (κ3) is 3.62. The summed E-state index contributed by atoms with van der Waals surface area (Å²) in [4.78, 5) is 21.9. The zero-order chi connectivity index (χ0) is 19.9. The van der Waals surface area contributed by atoms with Crippen molar-refractivity contribution in [2.75, 3.05) is 5.32 Å². The normalized spacial score (nSPS) is 22.4. The highest BCUT2D eigenvalue weighted by Gasteiger charge is 2.28. The number of pyridine rings is 1. The number of hydrogen-bond donors (Lipinski definition) is 2. The molecule has 0 saturated heterocycles. The van der Waals surface area contributed by atoms with Crippen molar-refractivity contribution in [1.82, 2.24) is 14.5 Å². The molecule has 1 saturated carbocycles. The average Bonchev–Trinajstić information content (AvgIpc) is 2.67. The molecule has 0 radical (unpaired) electrons. The highest BCUT2D eigenvalue weighted by molar-refractivity contribution is 6.33. The van der Waals surface area contributed by atoms with Gasteiger partial charge < -0.3 is 10.4 Å². The number of aromatic nitrogens is 3. The second-order valence-corrected chi connectivity index (χ2v) is 8.20. The van der Waals surface area contributed by atoms with Crippen LogP contribution in [0.2, 0.25) is 5.02 Å². The molecule has 6 nitrogen and oxygen atoms in total. The lowest BCUT2D eigenvalue weighted by Gasteiger charge is -2.33. The third-order valence-corrected chi connectivity index (χ3v) is 5.84. The molecule has 2 heterocycles. The van der Waals surface area contributed by atoms with Gasteiger partial charge in [-0.3, -0.25) is 9.36 Å². The molecule has 146 valence electrons. The summed E-state index contributed by atoms with van der Waals surface area (Å²) in [6.07, 6.45) is 4.94. The standard InChI is InChI=1S/C21H23ClN4O2/c1-21(28)9-7-14(8-10-21)24-20-23-12-13-11-16(15-5-3-4-6-17(15)22)19(27)26(2)18(13)25-20/h3-6,11-12,14,28H,7-10H2,1-2H3,(H,23,24,25). The lowest BCUT2D eigenvalue weighted by atomic mass is 9.84. The summed E-state index contributed by atoms with van der Waals surface area (Å²) in [6.45, 7) is 1.88. The van der Waals surface area contributed by atoms with Crippen molar-refractivity contribution in [1.29, 1.82) is 0 Å². The van der Waals surface area contributed by atoms with Crippen LogP contribution in [0.15, 0.2) is 41.3 Å². The molecule has 1 aliphatic rings. The van der Waals surface area contributed by atoms with Crippen LogP contribution in [0.25, 0.3) is 22.2 Å². The van der Waals surface area contributed by atoms with Crippen molar-refractivity contribution in [2.24, 2.45) is 7.05 Å². The largest absolute Gasteiger partial charge is 0.390 e. The average molecular weight is 399 g/mol. The third-order valence-electron chi connectivity index (χ3n) is 5.51. The van der Waals surface area contributed by atoms with Crippen LogP contribution >= 0.6 is 11.6 Å². The van der Waals surface area contributed by atoms with Gasteiger partial charge in [0, 0.05) is 40.8 Å². The van der Waals surface area contributed by atoms with E-state index in [1.54, 1.807) is 25.4 Å². The van der Waals surface area contributed by atoms with Crippen LogP contribution in [0.5, 0.6) is 0 Å². The highest BCUT2D eigenvalue weighted by atomic mass is 35.5. The Hall–Kier alpha value is -2.44. The fraction of sp³-hybridized carbons (Fsp3) is 0.381. The number of rotatable bonds is 3. The minimum Gasteiger partial charge on any atom is -0.390 e. The van der Waals surface area contributed by atoms with Crippen molar-refractivity contribution in [3.63, 3.8) is 0 Å². The number of benzene rings is 1. The van der Waals surface area contributed by atoms with Gasteiger partial charge in [-0.05, 0) is 44.7 Å². The molecule has 2 aromatic heterocycles. The highest BCUT2D eigenvalue weighted by Crippen LogP contribution is 2.30. The second kappa shape index (κ2) is 7.18. The van der Waals surface area contributed by atoms with E-state index in [9.17, 15) is 9.90 Å². The van der Waals surface area contributed by atoms with Crippen LogP contribution in [0, 0.1) is 0 Å². The smallest absolute Gasteiger partial charge is 0.259 e. The minimum atomic E-state index is -0.582. The van der Waals surface area contributed by atoms with E-state index >= 15 is 0 Å². The molecule has 1 aliphatic carbocycles. The number of hydrogen-bond acceptors (Lipinski definition) is 5. The predicted molar refractivity (Wildman–Crippen MR) is 112 cm³/mol. The summed E-state index contributed by atoms with van der Waals surface area (Å²) >= 11 is 6.28. The number of aliphatic hydroxyl groups is 1. The maximum absolute atomic E-state index is 12.9. The van der Waals surface area contributed by atoms with Gasteiger partial charge >= 0.3 is 0 Å². The van der Waals surface area contributed by atoms with Gasteiger partial charge in [-0.1, -0.05) is 29.8 Å². The summed E-state index contributed by atoms with van der Waals surface area (Å²) in [6, 6.07) is 9.31. The maximum Gasteiger partial charge on any atom is 0.259 e. The first-order chi connectivity index (χ1) is 13.3. The molecule has 3 aromatic rings. The molecule has 0 unspecified atom stereocenters. The topological polar surface area (TPSA) is 80.0 Å². The van der Waals surface area contributed by atoms with Crippen LogP contribution in [0.3, 0.4) is 0 Å². The Bertz CT molecular complexity index is 1080. The molecule has 28 heavy (non-hydrogen) atoms. The van der Waals surface area contributed by atoms with Crippen molar-refractivity contribution in [3.05, 3.63) is 51.9 Å². The Labute approximate surface area is 168 Å². The number of fused-ring (bicyclic) bond motifs is 1. The summed E-state index contributed by atoms with van der Waals surface area (Å²) in [7, 11) is 1.71. The Balaban J connectivity index is 1.68. The molecule has 0 amide bonds. The first kappa shape index (κ1) is 18.9. The maximum atomic E-state index is 12.9. The summed E-state index contributed by atoms with van der Waals surface area (Å²) in [5.74, 6) is 0.500. The fourth-order valence-electron chi connectivity index (χ4n) is 3.76. The molecular weight excluding hydrogens is 376 g/mol. The van der Waals surface area contributed by atoms with E-state index in [4.69, 9.17) is 11.6 Å². The molecule has 0 aliphatic heterocycles. The van der Waals surface area contributed by atoms with Gasteiger partial charge in [0.15, 0.2) is 0 Å². The van der Waals surface area contributed by atoms with Crippen molar-refractivity contribution in [2.45, 2.75) is 44.2 Å².